The lowest BCUT2D eigenvalue weighted by molar-refractivity contribution is 0.272. The van der Waals surface area contributed by atoms with Crippen molar-refractivity contribution >= 4 is 23.2 Å². The van der Waals surface area contributed by atoms with Gasteiger partial charge in [-0.3, -0.25) is 0 Å². The minimum Gasteiger partial charge on any atom is -0.493 e. The fourth-order valence-corrected chi connectivity index (χ4v) is 1.47. The molecule has 0 aromatic heterocycles. The summed E-state index contributed by atoms with van der Waals surface area (Å²) < 4.78 is 5.63. The summed E-state index contributed by atoms with van der Waals surface area (Å²) in [5, 5.41) is 0.813. The van der Waals surface area contributed by atoms with Crippen LogP contribution in [0.5, 0.6) is 5.75 Å². The Kier molecular flexibility index (Phi) is 4.75. The lowest BCUT2D eigenvalue weighted by Gasteiger charge is -2.12. The van der Waals surface area contributed by atoms with Gasteiger partial charge in [-0.25, -0.2) is 0 Å². The Bertz CT molecular complexity index is 313. The summed E-state index contributed by atoms with van der Waals surface area (Å²) in [5.74, 6) is 1.85. The highest BCUT2D eigenvalue weighted by Crippen LogP contribution is 2.26. The highest BCUT2D eigenvalue weighted by atomic mass is 35.5. The molecule has 1 rings (SSSR count). The minimum atomic E-state index is 0.364. The van der Waals surface area contributed by atoms with Crippen molar-refractivity contribution in [3.8, 4) is 5.75 Å². The maximum Gasteiger partial charge on any atom is 0.119 e. The van der Waals surface area contributed by atoms with Gasteiger partial charge in [0.15, 0.2) is 0 Å². The van der Waals surface area contributed by atoms with Crippen LogP contribution in [0.1, 0.15) is 18.1 Å². The summed E-state index contributed by atoms with van der Waals surface area (Å²) >= 11 is 11.8. The van der Waals surface area contributed by atoms with Crippen molar-refractivity contribution in [2.24, 2.45) is 5.92 Å². The Morgan fingerprint density at radius 2 is 1.80 bits per heavy atom. The van der Waals surface area contributed by atoms with Gasteiger partial charge < -0.3 is 4.74 Å². The van der Waals surface area contributed by atoms with Crippen LogP contribution in [0.2, 0.25) is 5.02 Å². The van der Waals surface area contributed by atoms with E-state index in [9.17, 15) is 0 Å². The molecule has 1 unspecified atom stereocenters. The number of rotatable bonds is 4. The lowest BCUT2D eigenvalue weighted by atomic mass is 10.1. The number of halogens is 2. The summed E-state index contributed by atoms with van der Waals surface area (Å²) in [6.45, 7) is 6.66. The third-order valence-electron chi connectivity index (χ3n) is 2.21. The molecule has 0 radical (unpaired) electrons. The van der Waals surface area contributed by atoms with E-state index in [2.05, 4.69) is 6.92 Å². The van der Waals surface area contributed by atoms with Gasteiger partial charge >= 0.3 is 0 Å². The number of aryl methyl sites for hydroxylation is 2. The molecule has 0 aliphatic rings. The molecule has 1 aromatic rings. The van der Waals surface area contributed by atoms with Crippen LogP contribution in [-0.2, 0) is 0 Å². The Morgan fingerprint density at radius 3 is 2.27 bits per heavy atom. The number of hydrogen-bond donors (Lipinski definition) is 0. The van der Waals surface area contributed by atoms with E-state index in [1.54, 1.807) is 0 Å². The van der Waals surface area contributed by atoms with Gasteiger partial charge in [-0.15, -0.1) is 11.6 Å². The van der Waals surface area contributed by atoms with Gasteiger partial charge in [-0.1, -0.05) is 18.5 Å². The normalized spacial score (nSPS) is 12.6. The second-order valence-corrected chi connectivity index (χ2v) is 4.63. The first-order valence-corrected chi connectivity index (χ1v) is 5.91. The third kappa shape index (κ3) is 3.58. The van der Waals surface area contributed by atoms with Gasteiger partial charge in [0.1, 0.15) is 5.75 Å². The average Bonchev–Trinajstić information content (AvgIpc) is 2.22. The molecule has 0 fully saturated rings. The quantitative estimate of drug-likeness (QED) is 0.724. The summed E-state index contributed by atoms with van der Waals surface area (Å²) in [7, 11) is 0. The smallest absolute Gasteiger partial charge is 0.119 e. The molecule has 0 spiro atoms. The van der Waals surface area contributed by atoms with Crippen molar-refractivity contribution in [1.82, 2.24) is 0 Å². The van der Waals surface area contributed by atoms with E-state index in [-0.39, 0.29) is 0 Å². The summed E-state index contributed by atoms with van der Waals surface area (Å²) in [5.41, 5.74) is 2.09. The summed E-state index contributed by atoms with van der Waals surface area (Å²) in [6.07, 6.45) is 0. The number of ether oxygens (including phenoxy) is 1. The van der Waals surface area contributed by atoms with Gasteiger partial charge in [0.2, 0.25) is 0 Å². The molecule has 1 atom stereocenters. The molecule has 84 valence electrons. The summed E-state index contributed by atoms with van der Waals surface area (Å²) in [6, 6.07) is 3.91. The predicted molar refractivity (Wildman–Crippen MR) is 66.3 cm³/mol. The van der Waals surface area contributed by atoms with E-state index in [1.807, 2.05) is 26.0 Å². The molecule has 0 saturated heterocycles. The van der Waals surface area contributed by atoms with Gasteiger partial charge in [0, 0.05) is 16.8 Å². The van der Waals surface area contributed by atoms with Crippen LogP contribution in [0.15, 0.2) is 12.1 Å². The zero-order chi connectivity index (χ0) is 11.4. The van der Waals surface area contributed by atoms with Crippen molar-refractivity contribution < 1.29 is 4.74 Å². The van der Waals surface area contributed by atoms with Crippen LogP contribution in [0.25, 0.3) is 0 Å². The second-order valence-electron chi connectivity index (χ2n) is 3.94. The van der Waals surface area contributed by atoms with Gasteiger partial charge in [-0.2, -0.15) is 0 Å². The van der Waals surface area contributed by atoms with Crippen LogP contribution < -0.4 is 4.74 Å². The fourth-order valence-electron chi connectivity index (χ4n) is 1.27. The van der Waals surface area contributed by atoms with Crippen LogP contribution in [0.4, 0.5) is 0 Å². The average molecular weight is 247 g/mol. The van der Waals surface area contributed by atoms with E-state index >= 15 is 0 Å². The van der Waals surface area contributed by atoms with E-state index in [0.29, 0.717) is 18.4 Å². The van der Waals surface area contributed by atoms with Crippen molar-refractivity contribution in [1.29, 1.82) is 0 Å². The van der Waals surface area contributed by atoms with Gasteiger partial charge in [0.25, 0.3) is 0 Å². The van der Waals surface area contributed by atoms with Crippen molar-refractivity contribution in [3.05, 3.63) is 28.3 Å². The molecule has 0 aliphatic carbocycles. The highest BCUT2D eigenvalue weighted by molar-refractivity contribution is 6.32. The minimum absolute atomic E-state index is 0.364. The second kappa shape index (κ2) is 5.62. The van der Waals surface area contributed by atoms with E-state index in [4.69, 9.17) is 27.9 Å². The Labute approximate surface area is 101 Å². The topological polar surface area (TPSA) is 9.23 Å². The molecule has 1 nitrogen and oxygen atoms in total. The largest absolute Gasteiger partial charge is 0.493 e. The Hall–Kier alpha value is -0.400. The molecule has 0 aliphatic heterocycles. The molecule has 1 aromatic carbocycles. The van der Waals surface area contributed by atoms with Crippen LogP contribution in [0.3, 0.4) is 0 Å². The molecule has 0 bridgehead atoms. The molecular formula is C12H16Cl2O. The SMILES string of the molecule is Cc1cc(OCC(C)CCl)cc(C)c1Cl. The van der Waals surface area contributed by atoms with Crippen molar-refractivity contribution in [2.45, 2.75) is 20.8 Å². The van der Waals surface area contributed by atoms with Gasteiger partial charge in [-0.05, 0) is 37.1 Å². The van der Waals surface area contributed by atoms with Crippen molar-refractivity contribution in [3.63, 3.8) is 0 Å². The maximum atomic E-state index is 6.06. The van der Waals surface area contributed by atoms with E-state index in [1.165, 1.54) is 0 Å². The fraction of sp³-hybridized carbons (Fsp3) is 0.500. The van der Waals surface area contributed by atoms with Crippen LogP contribution in [-0.4, -0.2) is 12.5 Å². The molecule has 15 heavy (non-hydrogen) atoms. The number of hydrogen-bond acceptors (Lipinski definition) is 1. The standard InChI is InChI=1S/C12H16Cl2O/c1-8(6-13)7-15-11-4-9(2)12(14)10(3)5-11/h4-5,8H,6-7H2,1-3H3. The molecular weight excluding hydrogens is 231 g/mol. The molecule has 0 saturated carbocycles. The highest BCUT2D eigenvalue weighted by Gasteiger charge is 2.05. The van der Waals surface area contributed by atoms with Crippen molar-refractivity contribution in [2.75, 3.05) is 12.5 Å². The predicted octanol–water partition coefficient (Wildman–Crippen LogP) is 4.21. The zero-order valence-electron chi connectivity index (χ0n) is 9.31. The molecule has 0 heterocycles. The monoisotopic (exact) mass is 246 g/mol. The first-order valence-electron chi connectivity index (χ1n) is 5.00. The molecule has 3 heteroatoms. The summed E-state index contributed by atoms with van der Waals surface area (Å²) in [4.78, 5) is 0. The van der Waals surface area contributed by atoms with E-state index in [0.717, 1.165) is 21.9 Å². The lowest BCUT2D eigenvalue weighted by Crippen LogP contribution is -2.09. The zero-order valence-corrected chi connectivity index (χ0v) is 10.8. The molecule has 0 amide bonds. The third-order valence-corrected chi connectivity index (χ3v) is 3.33. The van der Waals surface area contributed by atoms with Crippen LogP contribution >= 0.6 is 23.2 Å². The number of alkyl halides is 1. The molecule has 0 N–H and O–H groups in total. The Balaban J connectivity index is 2.70. The van der Waals surface area contributed by atoms with E-state index < -0.39 is 0 Å². The van der Waals surface area contributed by atoms with Gasteiger partial charge in [0.05, 0.1) is 6.61 Å². The maximum absolute atomic E-state index is 6.06. The first kappa shape index (κ1) is 12.7. The Morgan fingerprint density at radius 1 is 1.27 bits per heavy atom. The van der Waals surface area contributed by atoms with Crippen LogP contribution in [0, 0.1) is 19.8 Å². The number of benzene rings is 1. The first-order chi connectivity index (χ1) is 7.04.